The van der Waals surface area contributed by atoms with Gasteiger partial charge in [-0.05, 0) is 69.3 Å². The number of Topliss-reactive ketones (excluding diaryl/α,β-unsaturated/α-hetero) is 1. The van der Waals surface area contributed by atoms with Crippen LogP contribution >= 0.6 is 11.6 Å². The molecule has 1 aromatic heterocycles. The van der Waals surface area contributed by atoms with Crippen LogP contribution in [0.15, 0.2) is 48.7 Å². The van der Waals surface area contributed by atoms with Crippen LogP contribution in [-0.4, -0.2) is 34.9 Å². The number of fused-ring (bicyclic) bond motifs is 1. The standard InChI is InChI=1S/C25H29ClN2O/c1-18-7-5-9-22-23(19(2)29)17-28(25(18)22)13-6-12-27-14-11-20(16-27)15-21-8-3-4-10-24(21)26/h3-5,7-10,17,20H,6,11-16H2,1-2H3. The molecular weight excluding hydrogens is 380 g/mol. The third-order valence-electron chi connectivity index (χ3n) is 6.19. The van der Waals surface area contributed by atoms with Gasteiger partial charge in [-0.15, -0.1) is 0 Å². The maximum Gasteiger partial charge on any atom is 0.161 e. The molecule has 0 amide bonds. The van der Waals surface area contributed by atoms with Gasteiger partial charge in [-0.3, -0.25) is 4.79 Å². The number of para-hydroxylation sites is 1. The zero-order valence-electron chi connectivity index (χ0n) is 17.3. The number of ketones is 1. The molecule has 0 spiro atoms. The van der Waals surface area contributed by atoms with E-state index >= 15 is 0 Å². The van der Waals surface area contributed by atoms with Gasteiger partial charge < -0.3 is 9.47 Å². The second-order valence-electron chi connectivity index (χ2n) is 8.37. The van der Waals surface area contributed by atoms with Crippen LogP contribution in [0.4, 0.5) is 0 Å². The summed E-state index contributed by atoms with van der Waals surface area (Å²) in [6.45, 7) is 8.14. The number of carbonyl (C=O) groups excluding carboxylic acids is 1. The molecule has 2 heterocycles. The molecule has 4 heteroatoms. The van der Waals surface area contributed by atoms with Crippen molar-refractivity contribution in [2.75, 3.05) is 19.6 Å². The second-order valence-corrected chi connectivity index (χ2v) is 8.78. The van der Waals surface area contributed by atoms with Gasteiger partial charge in [0.05, 0.1) is 5.52 Å². The third kappa shape index (κ3) is 4.41. The Bertz CT molecular complexity index is 1020. The van der Waals surface area contributed by atoms with E-state index in [0.29, 0.717) is 5.92 Å². The number of likely N-dealkylation sites (tertiary alicyclic amines) is 1. The van der Waals surface area contributed by atoms with Crippen molar-refractivity contribution in [3.8, 4) is 0 Å². The molecule has 1 aliphatic heterocycles. The summed E-state index contributed by atoms with van der Waals surface area (Å²) < 4.78 is 2.28. The Balaban J connectivity index is 1.35. The van der Waals surface area contributed by atoms with E-state index in [9.17, 15) is 4.79 Å². The second kappa shape index (κ2) is 8.73. The molecule has 1 saturated heterocycles. The molecule has 3 nitrogen and oxygen atoms in total. The Kier molecular flexibility index (Phi) is 6.07. The Morgan fingerprint density at radius 1 is 1.14 bits per heavy atom. The first-order valence-electron chi connectivity index (χ1n) is 10.6. The molecule has 1 aliphatic rings. The molecule has 1 atom stereocenters. The van der Waals surface area contributed by atoms with Crippen LogP contribution in [0, 0.1) is 12.8 Å². The molecule has 0 radical (unpaired) electrons. The van der Waals surface area contributed by atoms with E-state index in [2.05, 4.69) is 40.7 Å². The Morgan fingerprint density at radius 3 is 2.76 bits per heavy atom. The summed E-state index contributed by atoms with van der Waals surface area (Å²) >= 11 is 6.33. The number of hydrogen-bond donors (Lipinski definition) is 0. The van der Waals surface area contributed by atoms with Crippen LogP contribution in [0.5, 0.6) is 0 Å². The van der Waals surface area contributed by atoms with Crippen LogP contribution in [0.25, 0.3) is 10.9 Å². The third-order valence-corrected chi connectivity index (χ3v) is 6.56. The van der Waals surface area contributed by atoms with Crippen molar-refractivity contribution in [3.05, 3.63) is 70.4 Å². The largest absolute Gasteiger partial charge is 0.346 e. The van der Waals surface area contributed by atoms with Crippen molar-refractivity contribution in [3.63, 3.8) is 0 Å². The highest BCUT2D eigenvalue weighted by atomic mass is 35.5. The summed E-state index contributed by atoms with van der Waals surface area (Å²) in [5.41, 5.74) is 4.54. The fraction of sp³-hybridized carbons (Fsp3) is 0.400. The van der Waals surface area contributed by atoms with Crippen LogP contribution in [0.2, 0.25) is 5.02 Å². The lowest BCUT2D eigenvalue weighted by Gasteiger charge is -2.17. The van der Waals surface area contributed by atoms with Crippen molar-refractivity contribution in [2.45, 2.75) is 39.7 Å². The predicted molar refractivity (Wildman–Crippen MR) is 121 cm³/mol. The first-order chi connectivity index (χ1) is 14.0. The Morgan fingerprint density at radius 2 is 1.97 bits per heavy atom. The number of rotatable bonds is 7. The van der Waals surface area contributed by atoms with Crippen LogP contribution in [0.3, 0.4) is 0 Å². The Labute approximate surface area is 178 Å². The molecule has 29 heavy (non-hydrogen) atoms. The minimum atomic E-state index is 0.140. The SMILES string of the molecule is CC(=O)c1cn(CCCN2CCC(Cc3ccccc3Cl)C2)c2c(C)cccc12. The maximum atomic E-state index is 12.0. The quantitative estimate of drug-likeness (QED) is 0.464. The van der Waals surface area contributed by atoms with Gasteiger partial charge in [-0.2, -0.15) is 0 Å². The van der Waals surface area contributed by atoms with E-state index in [1.54, 1.807) is 6.92 Å². The highest BCUT2D eigenvalue weighted by Gasteiger charge is 2.23. The van der Waals surface area contributed by atoms with Crippen LogP contribution in [-0.2, 0) is 13.0 Å². The van der Waals surface area contributed by atoms with E-state index in [-0.39, 0.29) is 5.78 Å². The zero-order valence-corrected chi connectivity index (χ0v) is 18.1. The minimum absolute atomic E-state index is 0.140. The molecule has 0 N–H and O–H groups in total. The summed E-state index contributed by atoms with van der Waals surface area (Å²) in [6, 6.07) is 14.4. The van der Waals surface area contributed by atoms with Gasteiger partial charge in [0.1, 0.15) is 0 Å². The highest BCUT2D eigenvalue weighted by molar-refractivity contribution is 6.31. The van der Waals surface area contributed by atoms with E-state index in [1.165, 1.54) is 29.6 Å². The zero-order chi connectivity index (χ0) is 20.4. The van der Waals surface area contributed by atoms with Gasteiger partial charge in [0.2, 0.25) is 0 Å². The van der Waals surface area contributed by atoms with Crippen molar-refractivity contribution < 1.29 is 4.79 Å². The van der Waals surface area contributed by atoms with Gasteiger partial charge in [-0.25, -0.2) is 0 Å². The van der Waals surface area contributed by atoms with Gasteiger partial charge in [-0.1, -0.05) is 48.0 Å². The van der Waals surface area contributed by atoms with Gasteiger partial charge in [0.15, 0.2) is 5.78 Å². The average Bonchev–Trinajstić information content (AvgIpc) is 3.29. The molecule has 4 rings (SSSR count). The molecular formula is C25H29ClN2O. The predicted octanol–water partition coefficient (Wildman–Crippen LogP) is 5.76. The normalized spacial score (nSPS) is 17.3. The topological polar surface area (TPSA) is 25.2 Å². The van der Waals surface area contributed by atoms with Crippen molar-refractivity contribution >= 4 is 28.3 Å². The summed E-state index contributed by atoms with van der Waals surface area (Å²) in [5, 5.41) is 1.97. The molecule has 0 bridgehead atoms. The summed E-state index contributed by atoms with van der Waals surface area (Å²) in [5.74, 6) is 0.829. The summed E-state index contributed by atoms with van der Waals surface area (Å²) in [7, 11) is 0. The number of aryl methyl sites for hydroxylation is 2. The maximum absolute atomic E-state index is 12.0. The number of nitrogens with zero attached hydrogens (tertiary/aromatic N) is 2. The molecule has 2 aromatic carbocycles. The molecule has 152 valence electrons. The molecule has 1 unspecified atom stereocenters. The van der Waals surface area contributed by atoms with Crippen LogP contribution in [0.1, 0.15) is 41.3 Å². The van der Waals surface area contributed by atoms with Crippen molar-refractivity contribution in [1.82, 2.24) is 9.47 Å². The van der Waals surface area contributed by atoms with Gasteiger partial charge in [0, 0.05) is 35.3 Å². The Hall–Kier alpha value is -2.10. The smallest absolute Gasteiger partial charge is 0.161 e. The molecule has 0 saturated carbocycles. The lowest BCUT2D eigenvalue weighted by atomic mass is 9.99. The molecule has 3 aromatic rings. The van der Waals surface area contributed by atoms with Crippen LogP contribution < -0.4 is 0 Å². The highest BCUT2D eigenvalue weighted by Crippen LogP contribution is 2.27. The average molecular weight is 409 g/mol. The van der Waals surface area contributed by atoms with Crippen molar-refractivity contribution in [1.29, 1.82) is 0 Å². The lowest BCUT2D eigenvalue weighted by molar-refractivity contribution is 0.101. The van der Waals surface area contributed by atoms with E-state index in [1.807, 2.05) is 24.4 Å². The number of benzene rings is 2. The van der Waals surface area contributed by atoms with Gasteiger partial charge >= 0.3 is 0 Å². The first kappa shape index (κ1) is 20.2. The fourth-order valence-electron chi connectivity index (χ4n) is 4.73. The van der Waals surface area contributed by atoms with E-state index < -0.39 is 0 Å². The monoisotopic (exact) mass is 408 g/mol. The molecule has 0 aliphatic carbocycles. The number of carbonyl (C=O) groups is 1. The number of hydrogen-bond acceptors (Lipinski definition) is 2. The fourth-order valence-corrected chi connectivity index (χ4v) is 4.94. The van der Waals surface area contributed by atoms with E-state index in [0.717, 1.165) is 48.4 Å². The number of aromatic nitrogens is 1. The minimum Gasteiger partial charge on any atom is -0.346 e. The van der Waals surface area contributed by atoms with Gasteiger partial charge in [0.25, 0.3) is 0 Å². The first-order valence-corrected chi connectivity index (χ1v) is 11.0. The number of halogens is 1. The molecule has 1 fully saturated rings. The van der Waals surface area contributed by atoms with Crippen molar-refractivity contribution in [2.24, 2.45) is 5.92 Å². The summed E-state index contributed by atoms with van der Waals surface area (Å²) in [6.07, 6.45) is 5.45. The lowest BCUT2D eigenvalue weighted by Crippen LogP contribution is -2.23. The summed E-state index contributed by atoms with van der Waals surface area (Å²) in [4.78, 5) is 14.6. The van der Waals surface area contributed by atoms with E-state index in [4.69, 9.17) is 11.6 Å².